The van der Waals surface area contributed by atoms with Gasteiger partial charge in [-0.3, -0.25) is 4.90 Å². The van der Waals surface area contributed by atoms with Crippen molar-refractivity contribution in [1.29, 1.82) is 0 Å². The number of nitrogens with one attached hydrogen (secondary N) is 1. The fourth-order valence-corrected chi connectivity index (χ4v) is 1.94. The van der Waals surface area contributed by atoms with Gasteiger partial charge >= 0.3 is 0 Å². The molecular formula is C15H26N2O. The minimum atomic E-state index is 0.433. The summed E-state index contributed by atoms with van der Waals surface area (Å²) in [6.07, 6.45) is 0. The van der Waals surface area contributed by atoms with E-state index in [-0.39, 0.29) is 0 Å². The summed E-state index contributed by atoms with van der Waals surface area (Å²) >= 11 is 0. The van der Waals surface area contributed by atoms with Crippen LogP contribution in [0.2, 0.25) is 0 Å². The zero-order valence-electron chi connectivity index (χ0n) is 12.1. The van der Waals surface area contributed by atoms with Crippen molar-refractivity contribution in [3.8, 4) is 0 Å². The molecule has 1 unspecified atom stereocenters. The normalized spacial score (nSPS) is 12.9. The number of hydrogen-bond acceptors (Lipinski definition) is 3. The molecule has 102 valence electrons. The van der Waals surface area contributed by atoms with Crippen LogP contribution in [0.1, 0.15) is 25.0 Å². The van der Waals surface area contributed by atoms with Gasteiger partial charge in [-0.1, -0.05) is 31.2 Å². The van der Waals surface area contributed by atoms with Crippen LogP contribution in [0.5, 0.6) is 0 Å². The number of benzene rings is 1. The van der Waals surface area contributed by atoms with E-state index in [0.29, 0.717) is 6.04 Å². The van der Waals surface area contributed by atoms with Crippen LogP contribution in [0, 0.1) is 0 Å². The van der Waals surface area contributed by atoms with Crippen molar-refractivity contribution in [3.63, 3.8) is 0 Å². The molecule has 1 atom stereocenters. The van der Waals surface area contributed by atoms with Crippen LogP contribution < -0.4 is 5.32 Å². The average Bonchev–Trinajstić information content (AvgIpc) is 2.38. The smallest absolute Gasteiger partial charge is 0.0615 e. The quantitative estimate of drug-likeness (QED) is 0.766. The first-order chi connectivity index (χ1) is 8.69. The first-order valence-electron chi connectivity index (χ1n) is 6.65. The first kappa shape index (κ1) is 15.2. The number of likely N-dealkylation sites (N-methyl/N-ethyl adjacent to an activating group) is 1. The Bertz CT molecular complexity index is 341. The fraction of sp³-hybridized carbons (Fsp3) is 0.600. The summed E-state index contributed by atoms with van der Waals surface area (Å²) in [4.78, 5) is 2.33. The van der Waals surface area contributed by atoms with E-state index in [1.807, 2.05) is 0 Å². The highest BCUT2D eigenvalue weighted by molar-refractivity contribution is 5.27. The van der Waals surface area contributed by atoms with E-state index < -0.39 is 0 Å². The van der Waals surface area contributed by atoms with Gasteiger partial charge in [-0.15, -0.1) is 0 Å². The Hall–Kier alpha value is -0.900. The maximum Gasteiger partial charge on any atom is 0.0615 e. The first-order valence-corrected chi connectivity index (χ1v) is 6.65. The minimum absolute atomic E-state index is 0.433. The lowest BCUT2D eigenvalue weighted by Gasteiger charge is -2.25. The molecule has 0 saturated heterocycles. The van der Waals surface area contributed by atoms with E-state index in [0.717, 1.165) is 26.2 Å². The van der Waals surface area contributed by atoms with E-state index in [4.69, 9.17) is 4.74 Å². The van der Waals surface area contributed by atoms with Crippen molar-refractivity contribution in [2.45, 2.75) is 33.0 Å². The zero-order valence-corrected chi connectivity index (χ0v) is 12.1. The van der Waals surface area contributed by atoms with Crippen LogP contribution in [0.15, 0.2) is 24.3 Å². The predicted octanol–water partition coefficient (Wildman–Crippen LogP) is 2.26. The second-order valence-corrected chi connectivity index (χ2v) is 4.77. The molecule has 0 radical (unpaired) electrons. The van der Waals surface area contributed by atoms with Crippen LogP contribution in [-0.4, -0.2) is 38.3 Å². The van der Waals surface area contributed by atoms with Crippen molar-refractivity contribution in [2.75, 3.05) is 27.3 Å². The SMILES string of the molecule is CCNCc1ccccc1CN(C)C(C)COC. The molecule has 0 saturated carbocycles. The molecule has 1 aromatic rings. The molecule has 0 aromatic heterocycles. The Labute approximate surface area is 111 Å². The molecule has 0 amide bonds. The molecule has 0 aliphatic heterocycles. The van der Waals surface area contributed by atoms with E-state index in [2.05, 4.69) is 55.4 Å². The fourth-order valence-electron chi connectivity index (χ4n) is 1.94. The molecule has 0 fully saturated rings. The summed E-state index contributed by atoms with van der Waals surface area (Å²) in [6, 6.07) is 9.06. The molecular weight excluding hydrogens is 224 g/mol. The monoisotopic (exact) mass is 250 g/mol. The maximum atomic E-state index is 5.20. The summed E-state index contributed by atoms with van der Waals surface area (Å²) in [7, 11) is 3.90. The van der Waals surface area contributed by atoms with Crippen LogP contribution in [-0.2, 0) is 17.8 Å². The number of nitrogens with zero attached hydrogens (tertiary/aromatic N) is 1. The highest BCUT2D eigenvalue weighted by Crippen LogP contribution is 2.12. The number of methoxy groups -OCH3 is 1. The Morgan fingerprint density at radius 2 is 1.94 bits per heavy atom. The highest BCUT2D eigenvalue weighted by Gasteiger charge is 2.11. The third kappa shape index (κ3) is 4.77. The van der Waals surface area contributed by atoms with Gasteiger partial charge in [0.1, 0.15) is 0 Å². The third-order valence-electron chi connectivity index (χ3n) is 3.26. The summed E-state index contributed by atoms with van der Waals surface area (Å²) in [6.45, 7) is 8.01. The molecule has 0 aliphatic carbocycles. The van der Waals surface area contributed by atoms with Crippen molar-refractivity contribution < 1.29 is 4.74 Å². The second kappa shape index (κ2) is 8.25. The lowest BCUT2D eigenvalue weighted by atomic mass is 10.1. The largest absolute Gasteiger partial charge is 0.383 e. The van der Waals surface area contributed by atoms with Crippen molar-refractivity contribution in [1.82, 2.24) is 10.2 Å². The number of hydrogen-bond donors (Lipinski definition) is 1. The lowest BCUT2D eigenvalue weighted by Crippen LogP contribution is -2.32. The standard InChI is InChI=1S/C15H26N2O/c1-5-16-10-14-8-6-7-9-15(14)11-17(3)13(2)12-18-4/h6-9,13,16H,5,10-12H2,1-4H3. The van der Waals surface area contributed by atoms with E-state index in [9.17, 15) is 0 Å². The Balaban J connectivity index is 2.65. The number of ether oxygens (including phenoxy) is 1. The topological polar surface area (TPSA) is 24.5 Å². The molecule has 3 nitrogen and oxygen atoms in total. The zero-order chi connectivity index (χ0) is 13.4. The van der Waals surface area contributed by atoms with Crippen LogP contribution >= 0.6 is 0 Å². The van der Waals surface area contributed by atoms with Crippen molar-refractivity contribution in [3.05, 3.63) is 35.4 Å². The van der Waals surface area contributed by atoms with Gasteiger partial charge in [-0.2, -0.15) is 0 Å². The molecule has 1 N–H and O–H groups in total. The van der Waals surface area contributed by atoms with Crippen molar-refractivity contribution in [2.24, 2.45) is 0 Å². The van der Waals surface area contributed by atoms with Gasteiger partial charge in [-0.25, -0.2) is 0 Å². The van der Waals surface area contributed by atoms with E-state index in [1.165, 1.54) is 11.1 Å². The van der Waals surface area contributed by atoms with Gasteiger partial charge in [0, 0.05) is 26.2 Å². The van der Waals surface area contributed by atoms with Gasteiger partial charge in [0.25, 0.3) is 0 Å². The molecule has 0 aliphatic rings. The van der Waals surface area contributed by atoms with Gasteiger partial charge in [0.15, 0.2) is 0 Å². The summed E-state index contributed by atoms with van der Waals surface area (Å²) in [5.74, 6) is 0. The average molecular weight is 250 g/mol. The van der Waals surface area contributed by atoms with Crippen molar-refractivity contribution >= 4 is 0 Å². The predicted molar refractivity (Wildman–Crippen MR) is 76.6 cm³/mol. The van der Waals surface area contributed by atoms with Gasteiger partial charge in [-0.05, 0) is 31.6 Å². The Morgan fingerprint density at radius 3 is 2.56 bits per heavy atom. The van der Waals surface area contributed by atoms with E-state index in [1.54, 1.807) is 7.11 Å². The van der Waals surface area contributed by atoms with Crippen LogP contribution in [0.4, 0.5) is 0 Å². The lowest BCUT2D eigenvalue weighted by molar-refractivity contribution is 0.112. The molecule has 0 bridgehead atoms. The van der Waals surface area contributed by atoms with Crippen LogP contribution in [0.25, 0.3) is 0 Å². The molecule has 18 heavy (non-hydrogen) atoms. The Kier molecular flexibility index (Phi) is 6.94. The van der Waals surface area contributed by atoms with Gasteiger partial charge in [0.2, 0.25) is 0 Å². The molecule has 0 heterocycles. The summed E-state index contributed by atoms with van der Waals surface area (Å²) in [5.41, 5.74) is 2.78. The third-order valence-corrected chi connectivity index (χ3v) is 3.26. The highest BCUT2D eigenvalue weighted by atomic mass is 16.5. The summed E-state index contributed by atoms with van der Waals surface area (Å²) < 4.78 is 5.20. The minimum Gasteiger partial charge on any atom is -0.383 e. The summed E-state index contributed by atoms with van der Waals surface area (Å²) in [5, 5.41) is 3.39. The molecule has 0 spiro atoms. The second-order valence-electron chi connectivity index (χ2n) is 4.77. The Morgan fingerprint density at radius 1 is 1.28 bits per heavy atom. The molecule has 1 rings (SSSR count). The van der Waals surface area contributed by atoms with Gasteiger partial charge in [0.05, 0.1) is 6.61 Å². The van der Waals surface area contributed by atoms with Gasteiger partial charge < -0.3 is 10.1 Å². The molecule has 1 aromatic carbocycles. The maximum absolute atomic E-state index is 5.20. The van der Waals surface area contributed by atoms with E-state index >= 15 is 0 Å². The number of rotatable bonds is 8. The van der Waals surface area contributed by atoms with Crippen LogP contribution in [0.3, 0.4) is 0 Å². The molecule has 3 heteroatoms.